The van der Waals surface area contributed by atoms with Gasteiger partial charge in [-0.2, -0.15) is 0 Å². The van der Waals surface area contributed by atoms with Gasteiger partial charge in [0.1, 0.15) is 18.2 Å². The van der Waals surface area contributed by atoms with Crippen molar-refractivity contribution in [1.29, 1.82) is 0 Å². The number of rotatable bonds is 10. The van der Waals surface area contributed by atoms with Gasteiger partial charge in [-0.25, -0.2) is 0 Å². The Bertz CT molecular complexity index is 965. The second-order valence-electron chi connectivity index (χ2n) is 9.24. The molecule has 4 rings (SSSR count). The van der Waals surface area contributed by atoms with Crippen LogP contribution in [0.5, 0.6) is 0 Å². The molecule has 2 bridgehead atoms. The fourth-order valence-electron chi connectivity index (χ4n) is 5.80. The Hall–Kier alpha value is -2.97. The van der Waals surface area contributed by atoms with E-state index in [0.29, 0.717) is 19.4 Å². The minimum Gasteiger partial charge on any atom is -0.461 e. The van der Waals surface area contributed by atoms with Crippen LogP contribution in [0.2, 0.25) is 0 Å². The Morgan fingerprint density at radius 2 is 2.06 bits per heavy atom. The van der Waals surface area contributed by atoms with Gasteiger partial charge in [-0.3, -0.25) is 14.4 Å². The van der Waals surface area contributed by atoms with Crippen molar-refractivity contribution in [3.63, 3.8) is 0 Å². The third kappa shape index (κ3) is 3.84. The van der Waals surface area contributed by atoms with E-state index in [1.165, 1.54) is 11.0 Å². The molecule has 0 saturated carbocycles. The smallest absolute Gasteiger partial charge is 0.312 e. The average molecular weight is 469 g/mol. The van der Waals surface area contributed by atoms with E-state index in [1.54, 1.807) is 17.9 Å². The number of benzene rings is 1. The number of amides is 2. The van der Waals surface area contributed by atoms with Crippen LogP contribution in [0, 0.1) is 11.8 Å². The molecule has 1 N–H and O–H groups in total. The van der Waals surface area contributed by atoms with E-state index in [2.05, 4.69) is 13.2 Å². The summed E-state index contributed by atoms with van der Waals surface area (Å²) in [4.78, 5) is 43.8. The number of esters is 1. The molecule has 8 nitrogen and oxygen atoms in total. The standard InChI is InChI=1S/C26H32N2O6/c1-4-13-27(15-18-9-7-6-8-10-18)24(31)22-26-12-11-19(34-26)20(25(32)33-14-5-2)21(26)23(30)28(22)17(3)16-29/h4-10,17,19-22,29H,1-2,11-16H2,3H3/t17-,19+,20-,21+,22?,26?/m1/s1. The van der Waals surface area contributed by atoms with Gasteiger partial charge in [-0.05, 0) is 25.3 Å². The first-order valence-corrected chi connectivity index (χ1v) is 11.7. The van der Waals surface area contributed by atoms with Crippen LogP contribution in [0.15, 0.2) is 55.6 Å². The average Bonchev–Trinajstić information content (AvgIpc) is 3.49. The highest BCUT2D eigenvalue weighted by atomic mass is 16.6. The molecule has 1 aromatic rings. The highest BCUT2D eigenvalue weighted by molar-refractivity contribution is 5.98. The quantitative estimate of drug-likeness (QED) is 0.415. The van der Waals surface area contributed by atoms with Gasteiger partial charge in [0.05, 0.1) is 30.6 Å². The molecule has 1 aromatic carbocycles. The van der Waals surface area contributed by atoms with Gasteiger partial charge in [0.15, 0.2) is 0 Å². The molecule has 34 heavy (non-hydrogen) atoms. The van der Waals surface area contributed by atoms with Gasteiger partial charge in [-0.1, -0.05) is 49.1 Å². The number of carbonyl (C=O) groups excluding carboxylic acids is 3. The Morgan fingerprint density at radius 1 is 1.32 bits per heavy atom. The third-order valence-electron chi connectivity index (χ3n) is 7.20. The van der Waals surface area contributed by atoms with E-state index in [0.717, 1.165) is 5.56 Å². The van der Waals surface area contributed by atoms with Gasteiger partial charge in [0.25, 0.3) is 0 Å². The molecule has 0 radical (unpaired) electrons. The predicted molar refractivity (Wildman–Crippen MR) is 124 cm³/mol. The summed E-state index contributed by atoms with van der Waals surface area (Å²) in [7, 11) is 0. The highest BCUT2D eigenvalue weighted by Gasteiger charge is 2.75. The molecule has 182 valence electrons. The van der Waals surface area contributed by atoms with E-state index < -0.39 is 41.6 Å². The van der Waals surface area contributed by atoms with Crippen molar-refractivity contribution in [2.75, 3.05) is 19.8 Å². The molecule has 8 heteroatoms. The van der Waals surface area contributed by atoms with Crippen molar-refractivity contribution in [3.05, 3.63) is 61.2 Å². The summed E-state index contributed by atoms with van der Waals surface area (Å²) < 4.78 is 11.7. The molecule has 6 atom stereocenters. The molecule has 3 saturated heterocycles. The molecular weight excluding hydrogens is 436 g/mol. The molecule has 0 aliphatic carbocycles. The molecule has 1 spiro atoms. The highest BCUT2D eigenvalue weighted by Crippen LogP contribution is 2.59. The molecule has 3 heterocycles. The number of hydrogen-bond acceptors (Lipinski definition) is 6. The number of ether oxygens (including phenoxy) is 2. The van der Waals surface area contributed by atoms with Crippen LogP contribution in [-0.2, 0) is 30.4 Å². The second kappa shape index (κ2) is 9.72. The van der Waals surface area contributed by atoms with E-state index in [-0.39, 0.29) is 31.6 Å². The van der Waals surface area contributed by atoms with Gasteiger partial charge >= 0.3 is 5.97 Å². The van der Waals surface area contributed by atoms with Crippen LogP contribution in [0.1, 0.15) is 25.3 Å². The van der Waals surface area contributed by atoms with Crippen LogP contribution < -0.4 is 0 Å². The minimum absolute atomic E-state index is 0.0409. The fraction of sp³-hybridized carbons (Fsp3) is 0.500. The zero-order valence-electron chi connectivity index (χ0n) is 19.5. The summed E-state index contributed by atoms with van der Waals surface area (Å²) >= 11 is 0. The topological polar surface area (TPSA) is 96.4 Å². The van der Waals surface area contributed by atoms with Gasteiger partial charge in [0, 0.05) is 13.1 Å². The number of aliphatic hydroxyl groups excluding tert-OH is 1. The number of carbonyl (C=O) groups is 3. The number of likely N-dealkylation sites (tertiary alicyclic amines) is 1. The number of aliphatic hydroxyl groups is 1. The normalized spacial score (nSPS) is 30.1. The lowest BCUT2D eigenvalue weighted by Gasteiger charge is -2.38. The molecule has 2 amide bonds. The van der Waals surface area contributed by atoms with Crippen molar-refractivity contribution in [2.45, 2.75) is 50.1 Å². The van der Waals surface area contributed by atoms with E-state index >= 15 is 0 Å². The molecule has 3 aliphatic rings. The molecule has 3 aliphatic heterocycles. The lowest BCUT2D eigenvalue weighted by Crippen LogP contribution is -2.58. The number of fused-ring (bicyclic) bond motifs is 1. The predicted octanol–water partition coefficient (Wildman–Crippen LogP) is 1.69. The summed E-state index contributed by atoms with van der Waals surface area (Å²) in [5, 5.41) is 9.93. The number of hydrogen-bond donors (Lipinski definition) is 1. The molecular formula is C26H32N2O6. The van der Waals surface area contributed by atoms with Crippen LogP contribution in [0.3, 0.4) is 0 Å². The van der Waals surface area contributed by atoms with Crippen molar-refractivity contribution in [2.24, 2.45) is 11.8 Å². The van der Waals surface area contributed by atoms with E-state index in [1.807, 2.05) is 30.3 Å². The maximum Gasteiger partial charge on any atom is 0.312 e. The van der Waals surface area contributed by atoms with E-state index in [9.17, 15) is 19.5 Å². The summed E-state index contributed by atoms with van der Waals surface area (Å²) in [5.41, 5.74) is -0.184. The molecule has 0 aromatic heterocycles. The Balaban J connectivity index is 1.71. The maximum absolute atomic E-state index is 14.1. The first kappa shape index (κ1) is 24.2. The Morgan fingerprint density at radius 3 is 2.71 bits per heavy atom. The SMILES string of the molecule is C=CCOC(=O)[C@@H]1[C@@H]2CCC3(O2)C(C(=O)N(CC=C)Cc2ccccc2)N([C@H](C)CO)C(=O)[C@H]13. The van der Waals surface area contributed by atoms with E-state index in [4.69, 9.17) is 9.47 Å². The summed E-state index contributed by atoms with van der Waals surface area (Å²) in [5.74, 6) is -2.74. The van der Waals surface area contributed by atoms with Crippen LogP contribution in [0.25, 0.3) is 0 Å². The third-order valence-corrected chi connectivity index (χ3v) is 7.20. The van der Waals surface area contributed by atoms with Gasteiger partial charge < -0.3 is 24.4 Å². The molecule has 2 unspecified atom stereocenters. The lowest BCUT2D eigenvalue weighted by atomic mass is 9.70. The van der Waals surface area contributed by atoms with Crippen LogP contribution in [-0.4, -0.2) is 76.2 Å². The summed E-state index contributed by atoms with van der Waals surface area (Å²) in [6, 6.07) is 8.02. The van der Waals surface area contributed by atoms with Crippen molar-refractivity contribution >= 4 is 17.8 Å². The van der Waals surface area contributed by atoms with Crippen molar-refractivity contribution in [1.82, 2.24) is 9.80 Å². The fourth-order valence-corrected chi connectivity index (χ4v) is 5.80. The van der Waals surface area contributed by atoms with Crippen LogP contribution >= 0.6 is 0 Å². The van der Waals surface area contributed by atoms with Crippen LogP contribution in [0.4, 0.5) is 0 Å². The Labute approximate surface area is 199 Å². The Kier molecular flexibility index (Phi) is 6.91. The first-order chi connectivity index (χ1) is 16.4. The second-order valence-corrected chi connectivity index (χ2v) is 9.24. The zero-order chi connectivity index (χ0) is 24.5. The van der Waals surface area contributed by atoms with Crippen molar-refractivity contribution in [3.8, 4) is 0 Å². The summed E-state index contributed by atoms with van der Waals surface area (Å²) in [6.07, 6.45) is 3.69. The minimum atomic E-state index is -1.13. The zero-order valence-corrected chi connectivity index (χ0v) is 19.5. The largest absolute Gasteiger partial charge is 0.461 e. The first-order valence-electron chi connectivity index (χ1n) is 11.7. The van der Waals surface area contributed by atoms with Gasteiger partial charge in [-0.15, -0.1) is 6.58 Å². The number of nitrogens with zero attached hydrogens (tertiary/aromatic N) is 2. The monoisotopic (exact) mass is 468 g/mol. The maximum atomic E-state index is 14.1. The molecule has 3 fully saturated rings. The van der Waals surface area contributed by atoms with Crippen molar-refractivity contribution < 1.29 is 29.0 Å². The summed E-state index contributed by atoms with van der Waals surface area (Å²) in [6.45, 7) is 9.42. The lowest BCUT2D eigenvalue weighted by molar-refractivity contribution is -0.155. The van der Waals surface area contributed by atoms with Gasteiger partial charge in [0.2, 0.25) is 11.8 Å².